The lowest BCUT2D eigenvalue weighted by molar-refractivity contribution is 0.0516. The Morgan fingerprint density at radius 3 is 2.55 bits per heavy atom. The van der Waals surface area contributed by atoms with Crippen LogP contribution in [0, 0.1) is 6.92 Å². The minimum Gasteiger partial charge on any atom is -0.460 e. The summed E-state index contributed by atoms with van der Waals surface area (Å²) < 4.78 is 35.3. The Morgan fingerprint density at radius 2 is 1.77 bits per heavy atom. The SMILES string of the molecule is Cc1cccc(N(CCOC(=O)c2ccccc2Br)C2=NS(=O)(=O)c3ccccc32)c1. The van der Waals surface area contributed by atoms with Crippen molar-refractivity contribution < 1.29 is 17.9 Å². The molecule has 0 fully saturated rings. The maximum absolute atomic E-state index is 12.6. The molecule has 0 aliphatic carbocycles. The quantitative estimate of drug-likeness (QED) is 0.481. The Morgan fingerprint density at radius 1 is 1.03 bits per heavy atom. The Bertz CT molecular complexity index is 1290. The lowest BCUT2D eigenvalue weighted by Gasteiger charge is -2.25. The van der Waals surface area contributed by atoms with Crippen LogP contribution in [0.1, 0.15) is 21.5 Å². The second-order valence-electron chi connectivity index (χ2n) is 6.99. The number of nitrogens with zero attached hydrogens (tertiary/aromatic N) is 2. The number of anilines is 1. The van der Waals surface area contributed by atoms with Gasteiger partial charge in [-0.2, -0.15) is 8.42 Å². The average molecular weight is 499 g/mol. The van der Waals surface area contributed by atoms with Gasteiger partial charge in [0.2, 0.25) is 0 Å². The molecule has 0 saturated heterocycles. The zero-order valence-electron chi connectivity index (χ0n) is 16.7. The predicted octanol–water partition coefficient (Wildman–Crippen LogP) is 4.57. The fraction of sp³-hybridized carbons (Fsp3) is 0.130. The van der Waals surface area contributed by atoms with Crippen LogP contribution in [0.4, 0.5) is 5.69 Å². The minimum atomic E-state index is -3.78. The lowest BCUT2D eigenvalue weighted by atomic mass is 10.1. The standard InChI is InChI=1S/C23H19BrN2O4S/c1-16-7-6-8-17(15-16)26(13-14-30-23(27)18-9-2-4-11-20(18)24)22-19-10-3-5-12-21(19)31(28,29)25-22/h2-12,15H,13-14H2,1H3. The van der Waals surface area contributed by atoms with Crippen molar-refractivity contribution in [3.8, 4) is 0 Å². The largest absolute Gasteiger partial charge is 0.460 e. The molecule has 1 aliphatic rings. The second-order valence-corrected chi connectivity index (χ2v) is 9.42. The van der Waals surface area contributed by atoms with E-state index in [1.165, 1.54) is 0 Å². The van der Waals surface area contributed by atoms with Crippen molar-refractivity contribution in [2.75, 3.05) is 18.1 Å². The molecule has 0 unspecified atom stereocenters. The van der Waals surface area contributed by atoms with Gasteiger partial charge in [0.05, 0.1) is 12.1 Å². The number of rotatable bonds is 5. The summed E-state index contributed by atoms with van der Waals surface area (Å²) >= 11 is 3.35. The highest BCUT2D eigenvalue weighted by Crippen LogP contribution is 2.30. The van der Waals surface area contributed by atoms with Gasteiger partial charge in [0.25, 0.3) is 10.0 Å². The van der Waals surface area contributed by atoms with Gasteiger partial charge in [-0.25, -0.2) is 4.79 Å². The molecule has 4 rings (SSSR count). The van der Waals surface area contributed by atoms with E-state index in [4.69, 9.17) is 4.74 Å². The molecule has 1 heterocycles. The van der Waals surface area contributed by atoms with Crippen molar-refractivity contribution >= 4 is 43.4 Å². The summed E-state index contributed by atoms with van der Waals surface area (Å²) in [4.78, 5) is 14.4. The molecule has 0 aromatic heterocycles. The van der Waals surface area contributed by atoms with E-state index in [1.54, 1.807) is 47.4 Å². The van der Waals surface area contributed by atoms with Crippen molar-refractivity contribution in [3.63, 3.8) is 0 Å². The number of ether oxygens (including phenoxy) is 1. The highest BCUT2D eigenvalue weighted by Gasteiger charge is 2.32. The van der Waals surface area contributed by atoms with Crippen molar-refractivity contribution in [2.24, 2.45) is 4.40 Å². The molecule has 0 N–H and O–H groups in total. The van der Waals surface area contributed by atoms with Crippen LogP contribution in [0.15, 0.2) is 86.6 Å². The molecule has 158 valence electrons. The van der Waals surface area contributed by atoms with Crippen molar-refractivity contribution in [1.29, 1.82) is 0 Å². The number of sulfonamides is 1. The van der Waals surface area contributed by atoms with E-state index in [-0.39, 0.29) is 18.0 Å². The molecule has 0 atom stereocenters. The zero-order chi connectivity index (χ0) is 22.0. The smallest absolute Gasteiger partial charge is 0.339 e. The monoisotopic (exact) mass is 498 g/mol. The number of amidine groups is 1. The van der Waals surface area contributed by atoms with Crippen LogP contribution in [0.3, 0.4) is 0 Å². The van der Waals surface area contributed by atoms with E-state index in [0.717, 1.165) is 11.3 Å². The van der Waals surface area contributed by atoms with Gasteiger partial charge >= 0.3 is 5.97 Å². The molecular formula is C23H19BrN2O4S. The number of hydrogen-bond acceptors (Lipinski definition) is 5. The summed E-state index contributed by atoms with van der Waals surface area (Å²) in [5, 5.41) is 0. The fourth-order valence-corrected chi connectivity index (χ4v) is 5.03. The summed E-state index contributed by atoms with van der Waals surface area (Å²) in [6.07, 6.45) is 0. The third-order valence-corrected chi connectivity index (χ3v) is 6.84. The van der Waals surface area contributed by atoms with Gasteiger partial charge in [0.1, 0.15) is 11.5 Å². The first-order valence-electron chi connectivity index (χ1n) is 9.57. The van der Waals surface area contributed by atoms with Gasteiger partial charge in [-0.1, -0.05) is 36.4 Å². The molecular weight excluding hydrogens is 480 g/mol. The van der Waals surface area contributed by atoms with Gasteiger partial charge in [0, 0.05) is 15.7 Å². The summed E-state index contributed by atoms with van der Waals surface area (Å²) in [5.74, 6) is -0.142. The van der Waals surface area contributed by atoms with Gasteiger partial charge in [-0.15, -0.1) is 4.40 Å². The van der Waals surface area contributed by atoms with E-state index in [1.807, 2.05) is 37.3 Å². The van der Waals surface area contributed by atoms with Crippen LogP contribution in [-0.2, 0) is 14.8 Å². The predicted molar refractivity (Wildman–Crippen MR) is 123 cm³/mol. The van der Waals surface area contributed by atoms with Crippen LogP contribution in [0.5, 0.6) is 0 Å². The summed E-state index contributed by atoms with van der Waals surface area (Å²) in [7, 11) is -3.78. The lowest BCUT2D eigenvalue weighted by Crippen LogP contribution is -2.34. The second kappa shape index (κ2) is 8.64. The number of esters is 1. The van der Waals surface area contributed by atoms with Crippen LogP contribution >= 0.6 is 15.9 Å². The molecule has 0 saturated carbocycles. The number of hydrogen-bond donors (Lipinski definition) is 0. The van der Waals surface area contributed by atoms with Gasteiger partial charge in [0.15, 0.2) is 5.84 Å². The summed E-state index contributed by atoms with van der Waals surface area (Å²) in [6.45, 7) is 2.24. The first-order valence-corrected chi connectivity index (χ1v) is 11.8. The number of fused-ring (bicyclic) bond motifs is 1. The molecule has 8 heteroatoms. The first kappa shape index (κ1) is 21.3. The Hall–Kier alpha value is -2.97. The Labute approximate surface area is 189 Å². The van der Waals surface area contributed by atoms with E-state index in [9.17, 15) is 13.2 Å². The number of carbonyl (C=O) groups is 1. The molecule has 31 heavy (non-hydrogen) atoms. The van der Waals surface area contributed by atoms with Crippen LogP contribution in [0.25, 0.3) is 0 Å². The molecule has 3 aromatic rings. The summed E-state index contributed by atoms with van der Waals surface area (Å²) in [5.41, 5.74) is 2.74. The first-order chi connectivity index (χ1) is 14.9. The number of aryl methyl sites for hydroxylation is 1. The van der Waals surface area contributed by atoms with E-state index < -0.39 is 16.0 Å². The fourth-order valence-electron chi connectivity index (χ4n) is 3.37. The van der Waals surface area contributed by atoms with E-state index >= 15 is 0 Å². The molecule has 3 aromatic carbocycles. The number of benzene rings is 3. The number of carbonyl (C=O) groups excluding carboxylic acids is 1. The van der Waals surface area contributed by atoms with E-state index in [2.05, 4.69) is 20.3 Å². The third kappa shape index (κ3) is 4.40. The highest BCUT2D eigenvalue weighted by atomic mass is 79.9. The molecule has 0 spiro atoms. The van der Waals surface area contributed by atoms with E-state index in [0.29, 0.717) is 21.4 Å². The van der Waals surface area contributed by atoms with Crippen LogP contribution in [0.2, 0.25) is 0 Å². The van der Waals surface area contributed by atoms with Gasteiger partial charge in [-0.3, -0.25) is 0 Å². The highest BCUT2D eigenvalue weighted by molar-refractivity contribution is 9.10. The zero-order valence-corrected chi connectivity index (χ0v) is 19.1. The minimum absolute atomic E-state index is 0.0509. The topological polar surface area (TPSA) is 76.0 Å². The third-order valence-electron chi connectivity index (χ3n) is 4.82. The van der Waals surface area contributed by atoms with Gasteiger partial charge in [-0.05, 0) is 64.8 Å². The normalized spacial score (nSPS) is 13.9. The maximum atomic E-state index is 12.6. The number of halogens is 1. The van der Waals surface area contributed by atoms with Crippen LogP contribution in [-0.4, -0.2) is 33.4 Å². The molecule has 6 nitrogen and oxygen atoms in total. The average Bonchev–Trinajstić information content (AvgIpc) is 3.02. The Balaban J connectivity index is 1.63. The van der Waals surface area contributed by atoms with Crippen LogP contribution < -0.4 is 4.90 Å². The molecule has 0 amide bonds. The van der Waals surface area contributed by atoms with Gasteiger partial charge < -0.3 is 9.64 Å². The van der Waals surface area contributed by atoms with Crippen molar-refractivity contribution in [1.82, 2.24) is 0 Å². The molecule has 0 bridgehead atoms. The van der Waals surface area contributed by atoms with Crippen molar-refractivity contribution in [3.05, 3.63) is 94.0 Å². The molecule has 1 aliphatic heterocycles. The maximum Gasteiger partial charge on any atom is 0.339 e. The Kier molecular flexibility index (Phi) is 5.93. The molecule has 0 radical (unpaired) electrons. The van der Waals surface area contributed by atoms with Crippen molar-refractivity contribution in [2.45, 2.75) is 11.8 Å². The summed E-state index contributed by atoms with van der Waals surface area (Å²) in [6, 6.07) is 21.4.